The molecule has 0 radical (unpaired) electrons. The molecular weight excluding hydrogens is 412 g/mol. The second-order valence-electron chi connectivity index (χ2n) is 7.54. The van der Waals surface area contributed by atoms with Crippen LogP contribution in [0, 0.1) is 0 Å². The summed E-state index contributed by atoms with van der Waals surface area (Å²) in [5.74, 6) is 0.0140. The van der Waals surface area contributed by atoms with Crippen molar-refractivity contribution in [2.45, 2.75) is 31.4 Å². The fourth-order valence-corrected chi connectivity index (χ4v) is 3.57. The summed E-state index contributed by atoms with van der Waals surface area (Å²) in [6.07, 6.45) is 1.45. The molecule has 168 valence electrons. The number of ether oxygens (including phenoxy) is 1. The van der Waals surface area contributed by atoms with Gasteiger partial charge in [-0.3, -0.25) is 9.59 Å². The van der Waals surface area contributed by atoms with E-state index in [0.717, 1.165) is 11.3 Å². The van der Waals surface area contributed by atoms with Crippen LogP contribution in [0.25, 0.3) is 0 Å². The van der Waals surface area contributed by atoms with Crippen molar-refractivity contribution >= 4 is 23.3 Å². The molecule has 2 unspecified atom stereocenters. The van der Waals surface area contributed by atoms with Gasteiger partial charge in [0.05, 0.1) is 25.4 Å². The summed E-state index contributed by atoms with van der Waals surface area (Å²) >= 11 is 0. The van der Waals surface area contributed by atoms with E-state index in [4.69, 9.17) is 10.5 Å². The number of rotatable bonds is 8. The van der Waals surface area contributed by atoms with E-state index in [1.54, 1.807) is 30.3 Å². The van der Waals surface area contributed by atoms with E-state index < -0.39 is 18.6 Å². The number of nitrogens with zero attached hydrogens (tertiary/aromatic N) is 2. The van der Waals surface area contributed by atoms with Crippen molar-refractivity contribution in [3.05, 3.63) is 65.4 Å². The van der Waals surface area contributed by atoms with Gasteiger partial charge in [-0.05, 0) is 36.3 Å². The molecule has 32 heavy (non-hydrogen) atoms. The SMILES string of the molecule is C=C1CC(NC(=O)c2cccc(OC)c2CC(O)CO)CC1=Nc1ccc(C(N)=O)cn1. The zero-order chi connectivity index (χ0) is 23.3. The molecule has 1 heterocycles. The monoisotopic (exact) mass is 438 g/mol. The first-order chi connectivity index (χ1) is 15.3. The van der Waals surface area contributed by atoms with Gasteiger partial charge in [0, 0.05) is 41.9 Å². The third kappa shape index (κ3) is 5.37. The second kappa shape index (κ2) is 10.2. The zero-order valence-corrected chi connectivity index (χ0v) is 17.7. The van der Waals surface area contributed by atoms with Crippen molar-refractivity contribution < 1.29 is 24.5 Å². The van der Waals surface area contributed by atoms with Crippen LogP contribution in [0.2, 0.25) is 0 Å². The van der Waals surface area contributed by atoms with Crippen molar-refractivity contribution in [3.63, 3.8) is 0 Å². The van der Waals surface area contributed by atoms with Gasteiger partial charge in [0.2, 0.25) is 5.91 Å². The van der Waals surface area contributed by atoms with E-state index >= 15 is 0 Å². The molecule has 1 aromatic carbocycles. The van der Waals surface area contributed by atoms with Crippen LogP contribution in [0.4, 0.5) is 5.82 Å². The first-order valence-corrected chi connectivity index (χ1v) is 10.1. The van der Waals surface area contributed by atoms with Gasteiger partial charge >= 0.3 is 0 Å². The molecule has 9 nitrogen and oxygen atoms in total. The van der Waals surface area contributed by atoms with Crippen molar-refractivity contribution in [1.82, 2.24) is 10.3 Å². The van der Waals surface area contributed by atoms with E-state index in [0.29, 0.717) is 41.1 Å². The number of primary amides is 1. The summed E-state index contributed by atoms with van der Waals surface area (Å²) in [4.78, 5) is 32.8. The number of hydrogen-bond donors (Lipinski definition) is 4. The highest BCUT2D eigenvalue weighted by molar-refractivity contribution is 6.05. The number of methoxy groups -OCH3 is 1. The Morgan fingerprint density at radius 3 is 2.75 bits per heavy atom. The number of nitrogens with one attached hydrogen (secondary N) is 1. The molecule has 0 spiro atoms. The van der Waals surface area contributed by atoms with Gasteiger partial charge in [-0.15, -0.1) is 0 Å². The Balaban J connectivity index is 1.74. The predicted molar refractivity (Wildman–Crippen MR) is 119 cm³/mol. The molecule has 0 saturated heterocycles. The van der Waals surface area contributed by atoms with E-state index in [1.807, 2.05) is 0 Å². The highest BCUT2D eigenvalue weighted by Crippen LogP contribution is 2.27. The normalized spacial score (nSPS) is 17.9. The van der Waals surface area contributed by atoms with Crippen LogP contribution in [0.5, 0.6) is 5.75 Å². The fraction of sp³-hybridized carbons (Fsp3) is 0.304. The molecule has 5 N–H and O–H groups in total. The summed E-state index contributed by atoms with van der Waals surface area (Å²) in [5, 5.41) is 22.1. The standard InChI is InChI=1S/C23H26N4O5/c1-13-8-15(9-19(13)27-21-7-6-14(11-25-21)22(24)30)26-23(31)17-4-3-5-20(32-2)18(17)10-16(29)12-28/h3-7,11,15-16,28-29H,1,8-10,12H2,2H3,(H2,24,30)(H,26,31). The molecule has 1 saturated carbocycles. The Bertz CT molecular complexity index is 1050. The van der Waals surface area contributed by atoms with Gasteiger partial charge in [-0.2, -0.15) is 0 Å². The zero-order valence-electron chi connectivity index (χ0n) is 17.7. The molecule has 1 aromatic heterocycles. The van der Waals surface area contributed by atoms with Gasteiger partial charge < -0.3 is 26.0 Å². The van der Waals surface area contributed by atoms with Crippen LogP contribution < -0.4 is 15.8 Å². The van der Waals surface area contributed by atoms with Gasteiger partial charge in [0.15, 0.2) is 5.82 Å². The lowest BCUT2D eigenvalue weighted by atomic mass is 9.99. The van der Waals surface area contributed by atoms with Crippen LogP contribution in [-0.4, -0.2) is 58.6 Å². The summed E-state index contributed by atoms with van der Waals surface area (Å²) < 4.78 is 5.33. The number of aliphatic hydroxyl groups excluding tert-OH is 2. The average Bonchev–Trinajstić information content (AvgIpc) is 3.12. The molecule has 0 bridgehead atoms. The number of pyridine rings is 1. The minimum atomic E-state index is -1.00. The highest BCUT2D eigenvalue weighted by atomic mass is 16.5. The van der Waals surface area contributed by atoms with Crippen LogP contribution in [0.3, 0.4) is 0 Å². The second-order valence-corrected chi connectivity index (χ2v) is 7.54. The Labute approximate surface area is 185 Å². The summed E-state index contributed by atoms with van der Waals surface area (Å²) in [6, 6.07) is 8.00. The van der Waals surface area contributed by atoms with Crippen LogP contribution in [0.15, 0.2) is 53.7 Å². The molecule has 2 atom stereocenters. The molecule has 0 aliphatic heterocycles. The lowest BCUT2D eigenvalue weighted by molar-refractivity contribution is 0.0910. The minimum Gasteiger partial charge on any atom is -0.496 e. The summed E-state index contributed by atoms with van der Waals surface area (Å²) in [5.41, 5.74) is 7.92. The Morgan fingerprint density at radius 2 is 2.12 bits per heavy atom. The van der Waals surface area contributed by atoms with Crippen molar-refractivity contribution in [3.8, 4) is 5.75 Å². The molecule has 1 fully saturated rings. The number of aromatic nitrogens is 1. The fourth-order valence-electron chi connectivity index (χ4n) is 3.57. The molecule has 3 rings (SSSR count). The van der Waals surface area contributed by atoms with E-state index in [-0.39, 0.29) is 18.4 Å². The van der Waals surface area contributed by atoms with Crippen molar-refractivity contribution in [1.29, 1.82) is 0 Å². The van der Waals surface area contributed by atoms with Crippen molar-refractivity contribution in [2.75, 3.05) is 13.7 Å². The Hall–Kier alpha value is -3.56. The highest BCUT2D eigenvalue weighted by Gasteiger charge is 2.27. The average molecular weight is 438 g/mol. The Kier molecular flexibility index (Phi) is 7.34. The molecule has 2 aromatic rings. The smallest absolute Gasteiger partial charge is 0.251 e. The maximum Gasteiger partial charge on any atom is 0.251 e. The number of aliphatic hydroxyl groups is 2. The molecule has 2 amide bonds. The van der Waals surface area contributed by atoms with Gasteiger partial charge in [0.1, 0.15) is 5.75 Å². The van der Waals surface area contributed by atoms with Gasteiger partial charge in [-0.25, -0.2) is 9.98 Å². The topological polar surface area (TPSA) is 147 Å². The van der Waals surface area contributed by atoms with E-state index in [9.17, 15) is 19.8 Å². The van der Waals surface area contributed by atoms with Gasteiger partial charge in [0.25, 0.3) is 5.91 Å². The van der Waals surface area contributed by atoms with Crippen molar-refractivity contribution in [2.24, 2.45) is 10.7 Å². The third-order valence-corrected chi connectivity index (χ3v) is 5.21. The lowest BCUT2D eigenvalue weighted by Gasteiger charge is -2.17. The lowest BCUT2D eigenvalue weighted by Crippen LogP contribution is -2.34. The van der Waals surface area contributed by atoms with Crippen LogP contribution in [-0.2, 0) is 6.42 Å². The summed E-state index contributed by atoms with van der Waals surface area (Å²) in [7, 11) is 1.49. The third-order valence-electron chi connectivity index (χ3n) is 5.21. The largest absolute Gasteiger partial charge is 0.496 e. The first kappa shape index (κ1) is 23.1. The number of amides is 2. The number of aliphatic imine (C=N–C) groups is 1. The molecular formula is C23H26N4O5. The van der Waals surface area contributed by atoms with E-state index in [2.05, 4.69) is 21.9 Å². The number of benzene rings is 1. The molecule has 1 aliphatic carbocycles. The maximum atomic E-state index is 13.0. The molecule has 9 heteroatoms. The van der Waals surface area contributed by atoms with E-state index in [1.165, 1.54) is 13.3 Å². The predicted octanol–water partition coefficient (Wildman–Crippen LogP) is 1.31. The van der Waals surface area contributed by atoms with Crippen LogP contribution >= 0.6 is 0 Å². The number of carbonyl (C=O) groups excluding carboxylic acids is 2. The number of nitrogens with two attached hydrogens (primary N) is 1. The number of hydrogen-bond acceptors (Lipinski definition) is 7. The summed E-state index contributed by atoms with van der Waals surface area (Å²) in [6.45, 7) is 3.62. The number of carbonyl (C=O) groups is 2. The maximum absolute atomic E-state index is 13.0. The first-order valence-electron chi connectivity index (χ1n) is 10.1. The quantitative estimate of drug-likeness (QED) is 0.488. The van der Waals surface area contributed by atoms with Gasteiger partial charge in [-0.1, -0.05) is 12.6 Å². The van der Waals surface area contributed by atoms with Crippen LogP contribution in [0.1, 0.15) is 39.1 Å². The molecule has 1 aliphatic rings. The minimum absolute atomic E-state index is 0.0836. The Morgan fingerprint density at radius 1 is 1.34 bits per heavy atom.